The number of carbonyl (C=O) groups excluding carboxylic acids is 1. The number of carbonyl (C=O) groups is 1. The van der Waals surface area contributed by atoms with Gasteiger partial charge in [0.25, 0.3) is 0 Å². The molecule has 0 aliphatic heterocycles. The number of para-hydroxylation sites is 1. The molecule has 0 radical (unpaired) electrons. The normalized spacial score (nSPS) is 11.8. The van der Waals surface area contributed by atoms with Crippen LogP contribution in [0.4, 0.5) is 4.79 Å². The van der Waals surface area contributed by atoms with Crippen LogP contribution in [0, 0.1) is 0 Å². The minimum Gasteiger partial charge on any atom is -0.444 e. The summed E-state index contributed by atoms with van der Waals surface area (Å²) < 4.78 is 7.36. The monoisotopic (exact) mass is 374 g/mol. The lowest BCUT2D eigenvalue weighted by Gasteiger charge is -2.19. The fourth-order valence-electron chi connectivity index (χ4n) is 2.89. The van der Waals surface area contributed by atoms with Crippen LogP contribution < -0.4 is 5.32 Å². The zero-order valence-corrected chi connectivity index (χ0v) is 16.0. The zero-order valence-electron chi connectivity index (χ0n) is 15.3. The number of rotatable bonds is 5. The molecule has 0 saturated carbocycles. The number of nitrogens with one attached hydrogen (secondary N) is 1. The molecule has 1 amide bonds. The van der Waals surface area contributed by atoms with Gasteiger partial charge in [0.15, 0.2) is 0 Å². The molecule has 0 aliphatic rings. The molecule has 3 aromatic rings. The van der Waals surface area contributed by atoms with Gasteiger partial charge in [-0.3, -0.25) is 4.98 Å². The molecule has 0 atom stereocenters. The van der Waals surface area contributed by atoms with E-state index in [4.69, 9.17) is 16.3 Å². The smallest absolute Gasteiger partial charge is 0.407 e. The number of alkyl halides is 1. The second-order valence-electron chi connectivity index (χ2n) is 7.10. The lowest BCUT2D eigenvalue weighted by atomic mass is 10.2. The van der Waals surface area contributed by atoms with Gasteiger partial charge in [0.2, 0.25) is 0 Å². The largest absolute Gasteiger partial charge is 0.444 e. The van der Waals surface area contributed by atoms with Crippen molar-refractivity contribution in [3.63, 3.8) is 0 Å². The lowest BCUT2D eigenvalue weighted by Crippen LogP contribution is -2.33. The highest BCUT2D eigenvalue weighted by Crippen LogP contribution is 2.25. The zero-order chi connectivity index (χ0) is 18.7. The third-order valence-electron chi connectivity index (χ3n) is 3.90. The van der Waals surface area contributed by atoms with Gasteiger partial charge in [-0.1, -0.05) is 18.2 Å². The molecular formula is C19H23ClN4O2. The number of hydrogen-bond donors (Lipinski definition) is 1. The second-order valence-corrected chi connectivity index (χ2v) is 7.37. The van der Waals surface area contributed by atoms with Crippen molar-refractivity contribution in [2.45, 2.75) is 45.2 Å². The van der Waals surface area contributed by atoms with Crippen molar-refractivity contribution in [1.82, 2.24) is 19.9 Å². The Hall–Kier alpha value is -2.34. The molecule has 0 unspecified atom stereocenters. The first-order chi connectivity index (χ1) is 12.4. The number of amides is 1. The maximum Gasteiger partial charge on any atom is 0.407 e. The predicted molar refractivity (Wildman–Crippen MR) is 103 cm³/mol. The summed E-state index contributed by atoms with van der Waals surface area (Å²) in [7, 11) is 0. The van der Waals surface area contributed by atoms with Crippen LogP contribution >= 0.6 is 11.6 Å². The number of fused-ring (bicyclic) bond motifs is 3. The molecule has 7 heteroatoms. The van der Waals surface area contributed by atoms with E-state index in [1.807, 2.05) is 45.0 Å². The Balaban J connectivity index is 1.77. The molecular weight excluding hydrogens is 352 g/mol. The number of pyridine rings is 1. The molecule has 3 rings (SSSR count). The van der Waals surface area contributed by atoms with E-state index >= 15 is 0 Å². The SMILES string of the molecule is CC(C)(C)OC(=O)NCCCn1c(CCl)nc2cnc3ccccc3c21. The molecule has 0 fully saturated rings. The summed E-state index contributed by atoms with van der Waals surface area (Å²) in [5.74, 6) is 1.12. The fraction of sp³-hybridized carbons (Fsp3) is 0.421. The van der Waals surface area contributed by atoms with Gasteiger partial charge in [-0.05, 0) is 33.3 Å². The topological polar surface area (TPSA) is 69.0 Å². The quantitative estimate of drug-likeness (QED) is 0.535. The van der Waals surface area contributed by atoms with Gasteiger partial charge in [0.1, 0.15) is 16.9 Å². The highest BCUT2D eigenvalue weighted by molar-refractivity contribution is 6.17. The van der Waals surface area contributed by atoms with Crippen LogP contribution in [0.25, 0.3) is 21.9 Å². The lowest BCUT2D eigenvalue weighted by molar-refractivity contribution is 0.0527. The van der Waals surface area contributed by atoms with E-state index in [1.54, 1.807) is 6.20 Å². The molecule has 1 N–H and O–H groups in total. The maximum absolute atomic E-state index is 11.7. The van der Waals surface area contributed by atoms with Crippen LogP contribution in [-0.2, 0) is 17.2 Å². The van der Waals surface area contributed by atoms with E-state index in [1.165, 1.54) is 0 Å². The number of hydrogen-bond acceptors (Lipinski definition) is 4. The predicted octanol–water partition coefficient (Wildman–Crippen LogP) is 4.24. The standard InChI is InChI=1S/C19H23ClN4O2/c1-19(2,3)26-18(25)21-9-6-10-24-16(11-20)23-15-12-22-14-8-5-4-7-13(14)17(15)24/h4-5,7-8,12H,6,9-11H2,1-3H3,(H,21,25). The summed E-state index contributed by atoms with van der Waals surface area (Å²) >= 11 is 6.10. The number of benzene rings is 1. The molecule has 6 nitrogen and oxygen atoms in total. The Kier molecular flexibility index (Phi) is 5.32. The van der Waals surface area contributed by atoms with Crippen molar-refractivity contribution in [3.05, 3.63) is 36.3 Å². The van der Waals surface area contributed by atoms with Crippen molar-refractivity contribution in [2.24, 2.45) is 0 Å². The Bertz CT molecular complexity index is 930. The first kappa shape index (κ1) is 18.5. The summed E-state index contributed by atoms with van der Waals surface area (Å²) in [4.78, 5) is 20.8. The van der Waals surface area contributed by atoms with Gasteiger partial charge in [0.05, 0.1) is 23.1 Å². The molecule has 0 aliphatic carbocycles. The summed E-state index contributed by atoms with van der Waals surface area (Å²) in [6.07, 6.45) is 2.12. The molecule has 26 heavy (non-hydrogen) atoms. The summed E-state index contributed by atoms with van der Waals surface area (Å²) in [5, 5.41) is 3.83. The molecule has 2 heterocycles. The maximum atomic E-state index is 11.7. The molecule has 0 bridgehead atoms. The van der Waals surface area contributed by atoms with Crippen molar-refractivity contribution < 1.29 is 9.53 Å². The molecule has 138 valence electrons. The summed E-state index contributed by atoms with van der Waals surface area (Å²) in [6.45, 7) is 6.74. The van der Waals surface area contributed by atoms with E-state index in [0.29, 0.717) is 19.0 Å². The minimum atomic E-state index is -0.498. The van der Waals surface area contributed by atoms with E-state index in [2.05, 4.69) is 19.9 Å². The van der Waals surface area contributed by atoms with E-state index in [0.717, 1.165) is 34.2 Å². The van der Waals surface area contributed by atoms with Crippen molar-refractivity contribution in [1.29, 1.82) is 0 Å². The Morgan fingerprint density at radius 1 is 1.27 bits per heavy atom. The molecule has 1 aromatic carbocycles. The molecule has 0 spiro atoms. The van der Waals surface area contributed by atoms with E-state index in [-0.39, 0.29) is 0 Å². The van der Waals surface area contributed by atoms with Crippen LogP contribution in [0.15, 0.2) is 30.5 Å². The molecule has 0 saturated heterocycles. The van der Waals surface area contributed by atoms with Gasteiger partial charge < -0.3 is 14.6 Å². The van der Waals surface area contributed by atoms with Crippen molar-refractivity contribution in [2.75, 3.05) is 6.54 Å². The Morgan fingerprint density at radius 2 is 2.04 bits per heavy atom. The van der Waals surface area contributed by atoms with Crippen LogP contribution in [0.1, 0.15) is 33.0 Å². The minimum absolute atomic E-state index is 0.322. The third-order valence-corrected chi connectivity index (χ3v) is 4.14. The number of imidazole rings is 1. The number of alkyl carbamates (subject to hydrolysis) is 1. The first-order valence-corrected chi connectivity index (χ1v) is 9.18. The van der Waals surface area contributed by atoms with Crippen LogP contribution in [0.2, 0.25) is 0 Å². The number of halogens is 1. The van der Waals surface area contributed by atoms with Crippen molar-refractivity contribution >= 4 is 39.6 Å². The van der Waals surface area contributed by atoms with Crippen LogP contribution in [0.3, 0.4) is 0 Å². The van der Waals surface area contributed by atoms with Crippen molar-refractivity contribution in [3.8, 4) is 0 Å². The average molecular weight is 375 g/mol. The second kappa shape index (κ2) is 7.50. The average Bonchev–Trinajstić information content (AvgIpc) is 2.95. The summed E-state index contributed by atoms with van der Waals surface area (Å²) in [5.41, 5.74) is 2.29. The van der Waals surface area contributed by atoms with E-state index in [9.17, 15) is 4.79 Å². The number of aryl methyl sites for hydroxylation is 1. The highest BCUT2D eigenvalue weighted by Gasteiger charge is 2.16. The summed E-state index contributed by atoms with van der Waals surface area (Å²) in [6, 6.07) is 7.98. The number of nitrogens with zero attached hydrogens (tertiary/aromatic N) is 3. The van der Waals surface area contributed by atoms with Gasteiger partial charge in [0, 0.05) is 18.5 Å². The van der Waals surface area contributed by atoms with Gasteiger partial charge >= 0.3 is 6.09 Å². The Labute approximate surface area is 157 Å². The van der Waals surface area contributed by atoms with E-state index < -0.39 is 11.7 Å². The van der Waals surface area contributed by atoms with Gasteiger partial charge in [-0.15, -0.1) is 11.6 Å². The van der Waals surface area contributed by atoms with Crippen LogP contribution in [0.5, 0.6) is 0 Å². The number of ether oxygens (including phenoxy) is 1. The van der Waals surface area contributed by atoms with Gasteiger partial charge in [-0.2, -0.15) is 0 Å². The Morgan fingerprint density at radius 3 is 2.77 bits per heavy atom. The first-order valence-electron chi connectivity index (χ1n) is 8.65. The van der Waals surface area contributed by atoms with Crippen LogP contribution in [-0.4, -0.2) is 32.8 Å². The number of aromatic nitrogens is 3. The highest BCUT2D eigenvalue weighted by atomic mass is 35.5. The molecule has 2 aromatic heterocycles. The third kappa shape index (κ3) is 4.07. The fourth-order valence-corrected chi connectivity index (χ4v) is 3.10. The van der Waals surface area contributed by atoms with Gasteiger partial charge in [-0.25, -0.2) is 9.78 Å².